The SMILES string of the molecule is [2H]C([2H])([2H])n1c(C(C)(C)C)cc2ncc(C(O)CCCC(OC(C)C)[C@@H]3COC(C)(C)N3C(=O)OC(C)(C)C)nc21. The Labute approximate surface area is 232 Å². The molecule has 1 amide bonds. The zero-order chi connectivity index (χ0) is 31.1. The number of fused-ring (bicyclic) bond motifs is 1. The van der Waals surface area contributed by atoms with Crippen molar-refractivity contribution in [2.75, 3.05) is 6.61 Å². The van der Waals surface area contributed by atoms with Crippen LogP contribution in [0.5, 0.6) is 0 Å². The average Bonchev–Trinajstić information content (AvgIpc) is 3.33. The van der Waals surface area contributed by atoms with Crippen LogP contribution >= 0.6 is 0 Å². The van der Waals surface area contributed by atoms with E-state index in [1.165, 1.54) is 10.8 Å². The Morgan fingerprint density at radius 1 is 1.26 bits per heavy atom. The highest BCUT2D eigenvalue weighted by molar-refractivity contribution is 5.73. The second-order valence-corrected chi connectivity index (χ2v) is 13.0. The van der Waals surface area contributed by atoms with Crippen LogP contribution in [-0.2, 0) is 26.6 Å². The predicted molar refractivity (Wildman–Crippen MR) is 148 cm³/mol. The summed E-state index contributed by atoms with van der Waals surface area (Å²) in [7, 11) is 0. The molecule has 1 aliphatic rings. The van der Waals surface area contributed by atoms with E-state index in [2.05, 4.69) is 9.97 Å². The molecule has 1 aliphatic heterocycles. The third kappa shape index (κ3) is 7.04. The molecule has 3 heterocycles. The van der Waals surface area contributed by atoms with E-state index in [1.807, 2.05) is 69.2 Å². The van der Waals surface area contributed by atoms with Gasteiger partial charge in [-0.05, 0) is 73.8 Å². The lowest BCUT2D eigenvalue weighted by atomic mass is 9.92. The summed E-state index contributed by atoms with van der Waals surface area (Å²) >= 11 is 0. The van der Waals surface area contributed by atoms with Gasteiger partial charge >= 0.3 is 6.09 Å². The van der Waals surface area contributed by atoms with E-state index in [1.54, 1.807) is 11.0 Å². The van der Waals surface area contributed by atoms with E-state index >= 15 is 0 Å². The number of aliphatic hydroxyl groups is 1. The fraction of sp³-hybridized carbons (Fsp3) is 0.759. The van der Waals surface area contributed by atoms with Crippen molar-refractivity contribution in [3.8, 4) is 0 Å². The van der Waals surface area contributed by atoms with Crippen LogP contribution in [-0.4, -0.2) is 66.8 Å². The number of ether oxygens (including phenoxy) is 3. The molecular weight excluding hydrogens is 484 g/mol. The van der Waals surface area contributed by atoms with Gasteiger partial charge in [0.2, 0.25) is 0 Å². The first-order chi connectivity index (χ1) is 18.6. The monoisotopic (exact) mass is 535 g/mol. The van der Waals surface area contributed by atoms with Crippen LogP contribution in [0.3, 0.4) is 0 Å². The minimum atomic E-state index is -2.44. The highest BCUT2D eigenvalue weighted by atomic mass is 16.6. The summed E-state index contributed by atoms with van der Waals surface area (Å²) in [5.74, 6) is 0. The summed E-state index contributed by atoms with van der Waals surface area (Å²) in [4.78, 5) is 23.8. The lowest BCUT2D eigenvalue weighted by Gasteiger charge is -2.38. The lowest BCUT2D eigenvalue weighted by molar-refractivity contribution is -0.0799. The molecule has 0 bridgehead atoms. The Kier molecular flexibility index (Phi) is 7.60. The Morgan fingerprint density at radius 2 is 1.95 bits per heavy atom. The van der Waals surface area contributed by atoms with Gasteiger partial charge in [0.05, 0.1) is 42.9 Å². The minimum absolute atomic E-state index is 0.0907. The normalized spacial score (nSPS) is 21.3. The smallest absolute Gasteiger partial charge is 0.412 e. The molecule has 0 radical (unpaired) electrons. The second kappa shape index (κ2) is 11.1. The molecule has 2 unspecified atom stereocenters. The molecule has 1 fully saturated rings. The van der Waals surface area contributed by atoms with E-state index in [4.69, 9.17) is 18.3 Å². The van der Waals surface area contributed by atoms with Crippen molar-refractivity contribution in [2.24, 2.45) is 6.98 Å². The van der Waals surface area contributed by atoms with E-state index in [0.717, 1.165) is 0 Å². The zero-order valence-corrected chi connectivity index (χ0v) is 24.7. The van der Waals surface area contributed by atoms with Gasteiger partial charge in [-0.15, -0.1) is 0 Å². The quantitative estimate of drug-likeness (QED) is 0.467. The van der Waals surface area contributed by atoms with Gasteiger partial charge in [-0.25, -0.2) is 9.78 Å². The van der Waals surface area contributed by atoms with Crippen molar-refractivity contribution in [1.82, 2.24) is 19.4 Å². The number of hydrogen-bond donors (Lipinski definition) is 1. The Morgan fingerprint density at radius 3 is 2.53 bits per heavy atom. The maximum absolute atomic E-state index is 13.2. The molecule has 0 aromatic carbocycles. The van der Waals surface area contributed by atoms with Gasteiger partial charge in [0.15, 0.2) is 5.65 Å². The molecule has 1 saturated heterocycles. The van der Waals surface area contributed by atoms with Crippen LogP contribution in [0.25, 0.3) is 11.2 Å². The van der Waals surface area contributed by atoms with Crippen LogP contribution in [0.4, 0.5) is 4.79 Å². The Hall–Kier alpha value is -2.23. The van der Waals surface area contributed by atoms with Gasteiger partial charge < -0.3 is 23.9 Å². The van der Waals surface area contributed by atoms with Gasteiger partial charge in [0.1, 0.15) is 16.8 Å². The van der Waals surface area contributed by atoms with Crippen LogP contribution in [0, 0.1) is 0 Å². The second-order valence-electron chi connectivity index (χ2n) is 13.0. The number of aryl methyl sites for hydroxylation is 1. The van der Waals surface area contributed by atoms with E-state index in [0.29, 0.717) is 42.8 Å². The van der Waals surface area contributed by atoms with Crippen molar-refractivity contribution in [3.05, 3.63) is 23.7 Å². The molecule has 3 atom stereocenters. The largest absolute Gasteiger partial charge is 0.444 e. The molecule has 0 spiro atoms. The van der Waals surface area contributed by atoms with Crippen LogP contribution in [0.2, 0.25) is 0 Å². The molecule has 0 saturated carbocycles. The molecule has 38 heavy (non-hydrogen) atoms. The van der Waals surface area contributed by atoms with E-state index in [9.17, 15) is 9.90 Å². The standard InChI is InChI=1S/C29H48N4O5/c1-18(2)37-23(21-17-36-29(9,10)33(21)26(35)38-28(6,7)8)14-12-13-22(34)20-16-30-19-15-24(27(3,4)5)32(11)25(19)31-20/h15-16,18,21-23,34H,12-14,17H2,1-11H3/t21-,22?,23?/m0/s1/i11D3. The summed E-state index contributed by atoms with van der Waals surface area (Å²) < 4.78 is 43.5. The number of nitrogens with zero attached hydrogens (tertiary/aromatic N) is 4. The molecule has 9 heteroatoms. The maximum atomic E-state index is 13.2. The summed E-state index contributed by atoms with van der Waals surface area (Å²) in [6.07, 6.45) is 1.10. The fourth-order valence-electron chi connectivity index (χ4n) is 4.82. The summed E-state index contributed by atoms with van der Waals surface area (Å²) in [5.41, 5.74) is -0.350. The minimum Gasteiger partial charge on any atom is -0.444 e. The number of aromatic nitrogens is 3. The Bertz CT molecular complexity index is 1210. The summed E-state index contributed by atoms with van der Waals surface area (Å²) in [5, 5.41) is 11.0. The molecule has 9 nitrogen and oxygen atoms in total. The maximum Gasteiger partial charge on any atom is 0.412 e. The van der Waals surface area contributed by atoms with Gasteiger partial charge in [-0.1, -0.05) is 20.8 Å². The molecule has 214 valence electrons. The van der Waals surface area contributed by atoms with Crippen molar-refractivity contribution in [1.29, 1.82) is 0 Å². The van der Waals surface area contributed by atoms with Crippen LogP contribution in [0.15, 0.2) is 12.3 Å². The first kappa shape index (κ1) is 26.0. The van der Waals surface area contributed by atoms with E-state index in [-0.39, 0.29) is 23.9 Å². The van der Waals surface area contributed by atoms with Crippen molar-refractivity contribution in [3.63, 3.8) is 0 Å². The molecule has 1 N–H and O–H groups in total. The lowest BCUT2D eigenvalue weighted by Crippen LogP contribution is -2.54. The Balaban J connectivity index is 1.80. The molecule has 2 aromatic heterocycles. The first-order valence-electron chi connectivity index (χ1n) is 15.0. The average molecular weight is 536 g/mol. The predicted octanol–water partition coefficient (Wildman–Crippen LogP) is 5.64. The topological polar surface area (TPSA) is 98.9 Å². The zero-order valence-electron chi connectivity index (χ0n) is 27.7. The molecule has 0 aliphatic carbocycles. The summed E-state index contributed by atoms with van der Waals surface area (Å²) in [6, 6.07) is 1.38. The van der Waals surface area contributed by atoms with Gasteiger partial charge in [0.25, 0.3) is 0 Å². The van der Waals surface area contributed by atoms with Crippen molar-refractivity contribution < 1.29 is 28.2 Å². The van der Waals surface area contributed by atoms with Crippen LogP contribution < -0.4 is 0 Å². The molecular formula is C29H48N4O5. The van der Waals surface area contributed by atoms with Crippen LogP contribution in [0.1, 0.15) is 110 Å². The van der Waals surface area contributed by atoms with Gasteiger partial charge in [0, 0.05) is 22.2 Å². The highest BCUT2D eigenvalue weighted by Gasteiger charge is 2.49. The fourth-order valence-corrected chi connectivity index (χ4v) is 4.82. The van der Waals surface area contributed by atoms with Crippen molar-refractivity contribution in [2.45, 2.75) is 130 Å². The number of carbonyl (C=O) groups excluding carboxylic acids is 1. The highest BCUT2D eigenvalue weighted by Crippen LogP contribution is 2.34. The molecule has 2 aromatic rings. The third-order valence-electron chi connectivity index (χ3n) is 6.59. The first-order valence-corrected chi connectivity index (χ1v) is 13.5. The number of aliphatic hydroxyl groups excluding tert-OH is 1. The van der Waals surface area contributed by atoms with E-state index < -0.39 is 35.9 Å². The number of amides is 1. The van der Waals surface area contributed by atoms with Gasteiger partial charge in [-0.3, -0.25) is 9.88 Å². The summed E-state index contributed by atoms with van der Waals surface area (Å²) in [6.45, 7) is 16.7. The number of carbonyl (C=O) groups is 1. The number of rotatable bonds is 8. The van der Waals surface area contributed by atoms with Crippen molar-refractivity contribution >= 4 is 17.3 Å². The molecule has 3 rings (SSSR count). The third-order valence-corrected chi connectivity index (χ3v) is 6.59. The van der Waals surface area contributed by atoms with Gasteiger partial charge in [-0.2, -0.15) is 0 Å². The number of hydrogen-bond acceptors (Lipinski definition) is 7.